The van der Waals surface area contributed by atoms with E-state index >= 15 is 0 Å². The summed E-state index contributed by atoms with van der Waals surface area (Å²) >= 11 is 0. The summed E-state index contributed by atoms with van der Waals surface area (Å²) in [6.07, 6.45) is 3.56. The lowest BCUT2D eigenvalue weighted by atomic mass is 10.2. The number of aromatic nitrogens is 3. The number of nitrogens with zero attached hydrogens (tertiary/aromatic N) is 3. The van der Waals surface area contributed by atoms with Crippen LogP contribution in [0.2, 0.25) is 0 Å². The maximum Gasteiger partial charge on any atom is 0.164 e. The van der Waals surface area contributed by atoms with Crippen molar-refractivity contribution in [3.05, 3.63) is 48.4 Å². The van der Waals surface area contributed by atoms with Gasteiger partial charge in [0.25, 0.3) is 0 Å². The van der Waals surface area contributed by atoms with E-state index in [4.69, 9.17) is 14.5 Å². The van der Waals surface area contributed by atoms with E-state index in [-0.39, 0.29) is 0 Å². The van der Waals surface area contributed by atoms with E-state index in [1.54, 1.807) is 20.4 Å². The molecule has 0 aliphatic heterocycles. The van der Waals surface area contributed by atoms with Gasteiger partial charge in [0.15, 0.2) is 5.65 Å². The highest BCUT2D eigenvalue weighted by Gasteiger charge is 2.13. The molecule has 3 rings (SSSR count). The Morgan fingerprint density at radius 2 is 1.91 bits per heavy atom. The van der Waals surface area contributed by atoms with Crippen molar-refractivity contribution < 1.29 is 9.47 Å². The molecule has 2 aromatic heterocycles. The van der Waals surface area contributed by atoms with Gasteiger partial charge in [-0.05, 0) is 42.8 Å². The minimum atomic E-state index is 0.721. The molecule has 0 saturated heterocycles. The van der Waals surface area contributed by atoms with Crippen molar-refractivity contribution in [1.82, 2.24) is 14.5 Å². The number of fused-ring (bicyclic) bond motifs is 1. The molecule has 22 heavy (non-hydrogen) atoms. The zero-order chi connectivity index (χ0) is 15.4. The van der Waals surface area contributed by atoms with E-state index in [1.165, 1.54) is 0 Å². The lowest BCUT2D eigenvalue weighted by Crippen LogP contribution is -2.04. The van der Waals surface area contributed by atoms with Gasteiger partial charge in [-0.2, -0.15) is 0 Å². The van der Waals surface area contributed by atoms with Crippen molar-refractivity contribution >= 4 is 11.2 Å². The average molecular weight is 297 g/mol. The first-order chi connectivity index (χ1) is 10.8. The first kappa shape index (κ1) is 14.5. The van der Waals surface area contributed by atoms with Crippen molar-refractivity contribution in [2.45, 2.75) is 12.8 Å². The summed E-state index contributed by atoms with van der Waals surface area (Å²) in [6.45, 7) is 0.721. The summed E-state index contributed by atoms with van der Waals surface area (Å²) < 4.78 is 12.5. The van der Waals surface area contributed by atoms with E-state index < -0.39 is 0 Å². The summed E-state index contributed by atoms with van der Waals surface area (Å²) in [5.74, 6) is 1.83. The summed E-state index contributed by atoms with van der Waals surface area (Å²) in [6, 6.07) is 11.8. The second kappa shape index (κ2) is 6.58. The minimum Gasteiger partial charge on any atom is -0.497 e. The Hall–Kier alpha value is -2.40. The van der Waals surface area contributed by atoms with Crippen molar-refractivity contribution in [3.8, 4) is 11.4 Å². The number of methoxy groups -OCH3 is 2. The Labute approximate surface area is 129 Å². The first-order valence-electron chi connectivity index (χ1n) is 7.29. The van der Waals surface area contributed by atoms with Gasteiger partial charge in [0.05, 0.1) is 7.11 Å². The molecule has 2 heterocycles. The van der Waals surface area contributed by atoms with Gasteiger partial charge < -0.3 is 9.47 Å². The Bertz CT molecular complexity index is 750. The number of aryl methyl sites for hydroxylation is 1. The van der Waals surface area contributed by atoms with Crippen LogP contribution in [0.5, 0.6) is 5.75 Å². The fourth-order valence-corrected chi connectivity index (χ4v) is 2.50. The van der Waals surface area contributed by atoms with Gasteiger partial charge in [0.1, 0.15) is 17.1 Å². The van der Waals surface area contributed by atoms with Gasteiger partial charge in [-0.15, -0.1) is 0 Å². The zero-order valence-electron chi connectivity index (χ0n) is 12.8. The smallest absolute Gasteiger partial charge is 0.164 e. The molecule has 0 atom stereocenters. The molecule has 3 aromatic rings. The monoisotopic (exact) mass is 297 g/mol. The molecule has 0 unspecified atom stereocenters. The predicted molar refractivity (Wildman–Crippen MR) is 85.6 cm³/mol. The van der Waals surface area contributed by atoms with Crippen LogP contribution >= 0.6 is 0 Å². The highest BCUT2D eigenvalue weighted by molar-refractivity contribution is 5.73. The molecule has 0 saturated carbocycles. The van der Waals surface area contributed by atoms with Crippen molar-refractivity contribution in [3.63, 3.8) is 0 Å². The summed E-state index contributed by atoms with van der Waals surface area (Å²) in [4.78, 5) is 9.20. The lowest BCUT2D eigenvalue weighted by Gasteiger charge is -2.09. The van der Waals surface area contributed by atoms with Gasteiger partial charge in [0, 0.05) is 32.0 Å². The number of hydrogen-bond donors (Lipinski definition) is 0. The number of ether oxygens (including phenoxy) is 2. The molecule has 0 radical (unpaired) electrons. The normalized spacial score (nSPS) is 11.0. The number of benzene rings is 1. The van der Waals surface area contributed by atoms with Crippen LogP contribution in [-0.4, -0.2) is 35.4 Å². The Kier molecular flexibility index (Phi) is 4.34. The molecule has 1 aromatic carbocycles. The highest BCUT2D eigenvalue weighted by Crippen LogP contribution is 2.22. The molecular weight excluding hydrogens is 278 g/mol. The third-order valence-electron chi connectivity index (χ3n) is 3.56. The zero-order valence-corrected chi connectivity index (χ0v) is 12.8. The van der Waals surface area contributed by atoms with Gasteiger partial charge in [0.2, 0.25) is 0 Å². The van der Waals surface area contributed by atoms with Gasteiger partial charge in [-0.3, -0.25) is 4.57 Å². The predicted octanol–water partition coefficient (Wildman–Crippen LogP) is 3.01. The Balaban J connectivity index is 2.05. The highest BCUT2D eigenvalue weighted by atomic mass is 16.5. The lowest BCUT2D eigenvalue weighted by molar-refractivity contribution is 0.194. The topological polar surface area (TPSA) is 49.2 Å². The van der Waals surface area contributed by atoms with Crippen LogP contribution in [0.15, 0.2) is 42.6 Å². The fourth-order valence-electron chi connectivity index (χ4n) is 2.50. The third kappa shape index (κ3) is 2.80. The molecule has 5 heteroatoms. The maximum absolute atomic E-state index is 5.23. The number of imidazole rings is 1. The molecule has 114 valence electrons. The molecular formula is C17H19N3O2. The van der Waals surface area contributed by atoms with Crippen LogP contribution in [0.4, 0.5) is 0 Å². The van der Waals surface area contributed by atoms with Crippen LogP contribution in [0.1, 0.15) is 12.2 Å². The van der Waals surface area contributed by atoms with Crippen LogP contribution in [0, 0.1) is 0 Å². The van der Waals surface area contributed by atoms with E-state index in [2.05, 4.69) is 9.55 Å². The summed E-state index contributed by atoms with van der Waals surface area (Å²) in [5.41, 5.74) is 2.82. The molecule has 0 amide bonds. The van der Waals surface area contributed by atoms with Crippen LogP contribution in [0.3, 0.4) is 0 Å². The number of pyridine rings is 1. The van der Waals surface area contributed by atoms with Crippen LogP contribution < -0.4 is 4.74 Å². The largest absolute Gasteiger partial charge is 0.497 e. The first-order valence-corrected chi connectivity index (χ1v) is 7.29. The molecule has 5 nitrogen and oxygen atoms in total. The van der Waals surface area contributed by atoms with E-state index in [0.717, 1.165) is 47.9 Å². The Morgan fingerprint density at radius 1 is 1.09 bits per heavy atom. The molecule has 0 fully saturated rings. The maximum atomic E-state index is 5.23. The van der Waals surface area contributed by atoms with E-state index in [1.807, 2.05) is 36.4 Å². The second-order valence-corrected chi connectivity index (χ2v) is 5.00. The average Bonchev–Trinajstić information content (AvgIpc) is 2.93. The quantitative estimate of drug-likeness (QED) is 0.656. The van der Waals surface area contributed by atoms with Crippen molar-refractivity contribution in [2.75, 3.05) is 20.8 Å². The van der Waals surface area contributed by atoms with Gasteiger partial charge in [-0.1, -0.05) is 0 Å². The van der Waals surface area contributed by atoms with E-state index in [9.17, 15) is 0 Å². The number of hydrogen-bond acceptors (Lipinski definition) is 4. The van der Waals surface area contributed by atoms with Crippen molar-refractivity contribution in [2.24, 2.45) is 0 Å². The standard InChI is InChI=1S/C17H19N3O2/c1-21-12-4-6-16-19-15-5-3-11-18-17(15)20(16)13-7-9-14(22-2)10-8-13/h3,5,7-11H,4,6,12H2,1-2H3. The summed E-state index contributed by atoms with van der Waals surface area (Å²) in [7, 11) is 3.38. The minimum absolute atomic E-state index is 0.721. The van der Waals surface area contributed by atoms with Gasteiger partial charge >= 0.3 is 0 Å². The number of rotatable bonds is 6. The molecule has 0 N–H and O–H groups in total. The second-order valence-electron chi connectivity index (χ2n) is 5.00. The SMILES string of the molecule is COCCCc1nc2cccnc2n1-c1ccc(OC)cc1. The van der Waals surface area contributed by atoms with Crippen LogP contribution in [-0.2, 0) is 11.2 Å². The van der Waals surface area contributed by atoms with E-state index in [0.29, 0.717) is 0 Å². The van der Waals surface area contributed by atoms with Gasteiger partial charge in [-0.25, -0.2) is 9.97 Å². The molecule has 0 aliphatic carbocycles. The summed E-state index contributed by atoms with van der Waals surface area (Å²) in [5, 5.41) is 0. The molecule has 0 bridgehead atoms. The Morgan fingerprint density at radius 3 is 2.64 bits per heavy atom. The van der Waals surface area contributed by atoms with Crippen molar-refractivity contribution in [1.29, 1.82) is 0 Å². The van der Waals surface area contributed by atoms with Crippen LogP contribution in [0.25, 0.3) is 16.9 Å². The fraction of sp³-hybridized carbons (Fsp3) is 0.294. The molecule has 0 spiro atoms. The molecule has 0 aliphatic rings. The third-order valence-corrected chi connectivity index (χ3v) is 3.56.